The molecule has 9 nitrogen and oxygen atoms in total. The molecular weight excluding hydrogens is 504 g/mol. The molecule has 2 aromatic carbocycles. The largest absolute Gasteiger partial charge is 0.374 e. The van der Waals surface area contributed by atoms with Gasteiger partial charge in [-0.25, -0.2) is 13.2 Å². The lowest BCUT2D eigenvalue weighted by Crippen LogP contribution is -2.56. The molecule has 2 aromatic rings. The molecule has 0 aliphatic carbocycles. The van der Waals surface area contributed by atoms with Gasteiger partial charge in [0.05, 0.1) is 40.2 Å². The summed E-state index contributed by atoms with van der Waals surface area (Å²) in [5.41, 5.74) is 4.75. The zero-order valence-corrected chi connectivity index (χ0v) is 22.4. The highest BCUT2D eigenvalue weighted by atomic mass is 32.2. The lowest BCUT2D eigenvalue weighted by molar-refractivity contribution is -0.126. The Kier molecular flexibility index (Phi) is 5.69. The minimum Gasteiger partial charge on any atom is -0.374 e. The number of hydrogen-bond donors (Lipinski definition) is 2. The zero-order chi connectivity index (χ0) is 33.7. The zero-order valence-electron chi connectivity index (χ0n) is 28.6. The first-order chi connectivity index (χ1) is 20.7. The van der Waals surface area contributed by atoms with E-state index in [-0.39, 0.29) is 25.3 Å². The third kappa shape index (κ3) is 5.94. The fraction of sp³-hybridized carbons (Fsp3) is 0.464. The average molecular weight is 548 g/mol. The van der Waals surface area contributed by atoms with Gasteiger partial charge >= 0.3 is 0 Å². The van der Waals surface area contributed by atoms with E-state index in [0.29, 0.717) is 18.5 Å². The van der Waals surface area contributed by atoms with E-state index in [1.807, 2.05) is 18.1 Å². The summed E-state index contributed by atoms with van der Waals surface area (Å²) >= 11 is 0. The molecule has 3 N–H and O–H groups in total. The van der Waals surface area contributed by atoms with Crippen molar-refractivity contribution in [3.63, 3.8) is 0 Å². The van der Waals surface area contributed by atoms with E-state index >= 15 is 0 Å². The summed E-state index contributed by atoms with van der Waals surface area (Å²) in [7, 11) is -3.54. The molecule has 1 amide bonds. The average Bonchev–Trinajstić information content (AvgIpc) is 3.29. The van der Waals surface area contributed by atoms with Crippen molar-refractivity contribution in [3.8, 4) is 0 Å². The molecule has 0 unspecified atom stereocenters. The fourth-order valence-corrected chi connectivity index (χ4v) is 5.87. The van der Waals surface area contributed by atoms with Crippen molar-refractivity contribution in [2.24, 2.45) is 5.73 Å². The van der Waals surface area contributed by atoms with Gasteiger partial charge in [0, 0.05) is 25.0 Å². The molecule has 2 heterocycles. The number of benzene rings is 2. The van der Waals surface area contributed by atoms with Gasteiger partial charge in [-0.05, 0) is 43.9 Å². The molecule has 0 bridgehead atoms. The number of anilines is 1. The quantitative estimate of drug-likeness (QED) is 0.460. The second kappa shape index (κ2) is 10.9. The Hall–Kier alpha value is -3.17. The lowest BCUT2D eigenvalue weighted by atomic mass is 9.74. The smallest absolute Gasteiger partial charge is 0.240 e. The first kappa shape index (κ1) is 19.8. The maximum Gasteiger partial charge on any atom is 0.240 e. The number of para-hydroxylation sites is 1. The lowest BCUT2D eigenvalue weighted by Gasteiger charge is -2.42. The Morgan fingerprint density at radius 2 is 1.92 bits per heavy atom. The van der Waals surface area contributed by atoms with Crippen LogP contribution in [0.5, 0.6) is 0 Å². The fourth-order valence-electron chi connectivity index (χ4n) is 4.87. The predicted octanol–water partition coefficient (Wildman–Crippen LogP) is 1.95. The Morgan fingerprint density at radius 3 is 2.53 bits per heavy atom. The maximum atomic E-state index is 12.9. The second-order valence-corrected chi connectivity index (χ2v) is 12.1. The topological polar surface area (TPSA) is 122 Å². The molecule has 1 fully saturated rings. The first-order valence-electron chi connectivity index (χ1n) is 15.6. The van der Waals surface area contributed by atoms with Crippen LogP contribution in [-0.4, -0.2) is 69.2 Å². The van der Waals surface area contributed by atoms with Crippen molar-refractivity contribution in [1.82, 2.24) is 10.2 Å². The molecule has 4 rings (SSSR count). The number of carbonyl (C=O) groups is 1. The van der Waals surface area contributed by atoms with E-state index in [0.717, 1.165) is 11.8 Å². The van der Waals surface area contributed by atoms with Crippen LogP contribution in [-0.2, 0) is 36.3 Å². The van der Waals surface area contributed by atoms with Crippen LogP contribution in [0.1, 0.15) is 47.4 Å². The number of sulfonamides is 1. The first-order valence-corrected chi connectivity index (χ1v) is 14.0. The number of hydrogen-bond acceptors (Lipinski definition) is 7. The molecule has 1 spiro atoms. The summed E-state index contributed by atoms with van der Waals surface area (Å²) in [5, 5.41) is 2.61. The van der Waals surface area contributed by atoms with E-state index in [1.54, 1.807) is 17.0 Å². The van der Waals surface area contributed by atoms with Crippen LogP contribution in [0.25, 0.3) is 0 Å². The molecule has 2 aliphatic heterocycles. The van der Waals surface area contributed by atoms with E-state index in [1.165, 1.54) is 18.2 Å². The van der Waals surface area contributed by atoms with Gasteiger partial charge in [-0.15, -0.1) is 0 Å². The molecule has 0 radical (unpaired) electrons. The van der Waals surface area contributed by atoms with Gasteiger partial charge in [0.15, 0.2) is 0 Å². The summed E-state index contributed by atoms with van der Waals surface area (Å²) in [6, 6.07) is 2.23. The van der Waals surface area contributed by atoms with Crippen molar-refractivity contribution in [1.29, 1.82) is 0 Å². The Balaban J connectivity index is 1.61. The van der Waals surface area contributed by atoms with Gasteiger partial charge in [0.1, 0.15) is 17.7 Å². The van der Waals surface area contributed by atoms with Gasteiger partial charge < -0.3 is 20.7 Å². The number of amides is 1. The third-order valence-corrected chi connectivity index (χ3v) is 8.03. The summed E-state index contributed by atoms with van der Waals surface area (Å²) in [6.45, 7) is 0.0570. The van der Waals surface area contributed by atoms with Crippen molar-refractivity contribution in [3.05, 3.63) is 71.3 Å². The normalized spacial score (nSPS) is 20.6. The molecule has 0 saturated carbocycles. The highest BCUT2D eigenvalue weighted by molar-refractivity contribution is 7.92. The molecular formula is C28H36N4O5S. The van der Waals surface area contributed by atoms with Gasteiger partial charge in [-0.1, -0.05) is 48.4 Å². The summed E-state index contributed by atoms with van der Waals surface area (Å²) in [4.78, 5) is 27.1. The number of piperidine rings is 1. The Morgan fingerprint density at radius 1 is 1.26 bits per heavy atom. The molecule has 1 saturated heterocycles. The monoisotopic (exact) mass is 547 g/mol. The van der Waals surface area contributed by atoms with Gasteiger partial charge in [0.2, 0.25) is 15.9 Å². The van der Waals surface area contributed by atoms with Crippen LogP contribution in [0.3, 0.4) is 0 Å². The number of carbonyl (C=O) groups excluding carboxylic acids is 2. The Labute approximate surface area is 234 Å². The summed E-state index contributed by atoms with van der Waals surface area (Å²) in [6.07, 6.45) is 2.06. The molecule has 204 valence electrons. The Bertz CT molecular complexity index is 1640. The van der Waals surface area contributed by atoms with Crippen LogP contribution in [0, 0.1) is 0 Å². The minimum atomic E-state index is -3.54. The number of nitrogens with zero attached hydrogens (tertiary/aromatic N) is 2. The van der Waals surface area contributed by atoms with Gasteiger partial charge in [0.25, 0.3) is 0 Å². The van der Waals surface area contributed by atoms with Crippen LogP contribution in [0.15, 0.2) is 60.2 Å². The highest BCUT2D eigenvalue weighted by Gasteiger charge is 2.47. The predicted molar refractivity (Wildman–Crippen MR) is 147 cm³/mol. The second-order valence-electron chi connectivity index (χ2n) is 10.2. The maximum absolute atomic E-state index is 12.9. The third-order valence-electron chi connectivity index (χ3n) is 6.90. The van der Waals surface area contributed by atoms with Crippen LogP contribution >= 0.6 is 0 Å². The number of ether oxygens (including phenoxy) is 1. The molecule has 38 heavy (non-hydrogen) atoms. The minimum absolute atomic E-state index is 0.0643. The number of nitrogens with one attached hydrogen (secondary N) is 1. The van der Waals surface area contributed by atoms with Gasteiger partial charge in [-0.2, -0.15) is 0 Å². The SMILES string of the molecule is [2H]c1c([2H])c([2H])c(C([2H])([2H])OC[C@H](NC(=O)C(C)(C)N)C(=C=O)N2CCC3(CC2)CN(S(C)(=O)=O)c2ccccc23)c([2H])c1[2H]. The molecule has 10 heteroatoms. The standard InChI is InChI=1S/C28H36N4O5S/c1-27(2,29)26(34)30-23(19-37-18-21-9-5-4-6-10-21)25(17-33)31-15-13-28(14-16-31)20-32(38(3,35)36)24-12-8-7-11-22(24)28/h4-12,23H,13-16,18-20,29H2,1-3H3,(H,30,34)/t23-/m0/s1/i4D,5D,6D,9D,10D,18D2. The van der Waals surface area contributed by atoms with Crippen molar-refractivity contribution in [2.75, 3.05) is 36.8 Å². The van der Waals surface area contributed by atoms with E-state index in [4.69, 9.17) is 20.1 Å². The van der Waals surface area contributed by atoms with E-state index in [9.17, 15) is 18.0 Å². The molecule has 1 atom stereocenters. The van der Waals surface area contributed by atoms with Crippen LogP contribution in [0.4, 0.5) is 5.69 Å². The molecule has 2 aliphatic rings. The van der Waals surface area contributed by atoms with E-state index < -0.39 is 81.9 Å². The number of likely N-dealkylation sites (tertiary alicyclic amines) is 1. The van der Waals surface area contributed by atoms with Crippen molar-refractivity contribution < 1.29 is 32.3 Å². The van der Waals surface area contributed by atoms with Crippen molar-refractivity contribution in [2.45, 2.75) is 50.2 Å². The van der Waals surface area contributed by atoms with Crippen molar-refractivity contribution >= 4 is 27.6 Å². The summed E-state index contributed by atoms with van der Waals surface area (Å²) < 4.78 is 88.8. The van der Waals surface area contributed by atoms with E-state index in [2.05, 4.69) is 5.32 Å². The highest BCUT2D eigenvalue weighted by Crippen LogP contribution is 2.48. The number of nitrogens with two attached hydrogens (primary N) is 1. The number of fused-ring (bicyclic) bond motifs is 2. The van der Waals surface area contributed by atoms with Crippen LogP contribution in [0.2, 0.25) is 0 Å². The number of rotatable bonds is 9. The van der Waals surface area contributed by atoms with Gasteiger partial charge in [-0.3, -0.25) is 9.10 Å². The van der Waals surface area contributed by atoms with Crippen LogP contribution < -0.4 is 15.4 Å². The summed E-state index contributed by atoms with van der Waals surface area (Å²) in [5.74, 6) is 1.17. The molecule has 0 aromatic heterocycles.